The van der Waals surface area contributed by atoms with Crippen LogP contribution in [0.1, 0.15) is 105 Å². The lowest BCUT2D eigenvalue weighted by atomic mass is 9.64. The zero-order valence-corrected chi connectivity index (χ0v) is 33.2. The topological polar surface area (TPSA) is 24.7 Å². The number of terminal acetylenes is 1. The van der Waals surface area contributed by atoms with E-state index in [9.17, 15) is 0 Å². The third-order valence-electron chi connectivity index (χ3n) is 10.7. The van der Waals surface area contributed by atoms with E-state index in [-0.39, 0.29) is 5.41 Å². The molecule has 0 aromatic heterocycles. The number of hydrogen-bond donors (Lipinski definition) is 0. The molecule has 55 heavy (non-hydrogen) atoms. The molecule has 0 heterocycles. The van der Waals surface area contributed by atoms with Crippen LogP contribution in [0.15, 0.2) is 161 Å². The molecule has 0 saturated heterocycles. The van der Waals surface area contributed by atoms with Crippen LogP contribution in [-0.2, 0) is 18.4 Å². The van der Waals surface area contributed by atoms with E-state index in [2.05, 4.69) is 178 Å². The van der Waals surface area contributed by atoms with E-state index in [1.807, 2.05) is 19.9 Å². The average Bonchev–Trinajstić information content (AvgIpc) is 3.26. The van der Waals surface area contributed by atoms with E-state index in [4.69, 9.17) is 9.98 Å². The van der Waals surface area contributed by atoms with Crippen LogP contribution < -0.4 is 0 Å². The summed E-state index contributed by atoms with van der Waals surface area (Å²) < 4.78 is 0. The normalized spacial score (nSPS) is 15.6. The molecule has 0 unspecified atom stereocenters. The Hall–Kier alpha value is -5.78. The maximum absolute atomic E-state index is 5.14. The van der Waals surface area contributed by atoms with Crippen LogP contribution in [0.5, 0.6) is 0 Å². The average molecular weight is 721 g/mol. The van der Waals surface area contributed by atoms with Crippen molar-refractivity contribution in [3.63, 3.8) is 0 Å². The number of aliphatic imine (C=N–C) groups is 2. The van der Waals surface area contributed by atoms with Gasteiger partial charge in [0.05, 0.1) is 6.54 Å². The van der Waals surface area contributed by atoms with Crippen molar-refractivity contribution >= 4 is 34.5 Å². The summed E-state index contributed by atoms with van der Waals surface area (Å²) >= 11 is 0. The fraction of sp³-hybridized carbons (Fsp3) is 0.245. The second-order valence-electron chi connectivity index (χ2n) is 13.9. The minimum Gasteiger partial charge on any atom is -0.261 e. The van der Waals surface area contributed by atoms with E-state index in [0.717, 1.165) is 35.5 Å². The molecule has 0 N–H and O–H groups in total. The van der Waals surface area contributed by atoms with Gasteiger partial charge in [0.25, 0.3) is 0 Å². The number of amidine groups is 1. The van der Waals surface area contributed by atoms with Gasteiger partial charge in [-0.3, -0.25) is 4.99 Å². The largest absolute Gasteiger partial charge is 0.261 e. The Labute approximate surface area is 330 Å². The molecule has 1 fully saturated rings. The number of fused-ring (bicyclic) bond motifs is 2. The second-order valence-corrected chi connectivity index (χ2v) is 13.9. The molecule has 2 aliphatic carbocycles. The maximum atomic E-state index is 5.14. The molecule has 2 heteroatoms. The van der Waals surface area contributed by atoms with Crippen molar-refractivity contribution < 1.29 is 0 Å². The Morgan fingerprint density at radius 3 is 2.25 bits per heavy atom. The molecule has 0 bridgehead atoms. The highest BCUT2D eigenvalue weighted by Gasteiger charge is 2.36. The number of hydrogen-bond acceptors (Lipinski definition) is 1. The molecular weight excluding hydrogens is 665 g/mol. The summed E-state index contributed by atoms with van der Waals surface area (Å²) in [4.78, 5) is 10.3. The fourth-order valence-corrected chi connectivity index (χ4v) is 8.00. The van der Waals surface area contributed by atoms with Gasteiger partial charge in [0, 0.05) is 22.3 Å². The smallest absolute Gasteiger partial charge is 0.155 e. The van der Waals surface area contributed by atoms with Crippen molar-refractivity contribution in [1.82, 2.24) is 0 Å². The monoisotopic (exact) mass is 720 g/mol. The highest BCUT2D eigenvalue weighted by atomic mass is 14.9. The molecule has 278 valence electrons. The van der Waals surface area contributed by atoms with Crippen molar-refractivity contribution in [2.24, 2.45) is 9.98 Å². The van der Waals surface area contributed by atoms with E-state index in [0.29, 0.717) is 6.54 Å². The molecule has 0 atom stereocenters. The van der Waals surface area contributed by atoms with Gasteiger partial charge in [0.15, 0.2) is 5.84 Å². The predicted octanol–water partition coefficient (Wildman–Crippen LogP) is 13.9. The Balaban J connectivity index is 0.00000140. The molecule has 0 spiro atoms. The second kappa shape index (κ2) is 20.6. The van der Waals surface area contributed by atoms with E-state index in [1.165, 1.54) is 76.3 Å². The zero-order chi connectivity index (χ0) is 38.9. The molecular formula is C53H56N2. The number of benzene rings is 5. The van der Waals surface area contributed by atoms with Crippen LogP contribution in [0, 0.1) is 12.8 Å². The minimum atomic E-state index is 0.00477. The van der Waals surface area contributed by atoms with Crippen LogP contribution in [0.3, 0.4) is 0 Å². The maximum Gasteiger partial charge on any atom is 0.155 e. The summed E-state index contributed by atoms with van der Waals surface area (Å²) in [5.74, 6) is 0.759. The van der Waals surface area contributed by atoms with Crippen LogP contribution in [-0.4, -0.2) is 11.5 Å². The quantitative estimate of drug-likeness (QED) is 0.0627. The first-order chi connectivity index (χ1) is 27.1. The molecule has 5 aromatic carbocycles. The molecule has 5 aromatic rings. The van der Waals surface area contributed by atoms with Gasteiger partial charge in [-0.2, -0.15) is 0 Å². The van der Waals surface area contributed by atoms with Gasteiger partial charge in [-0.15, -0.1) is 12.8 Å². The van der Waals surface area contributed by atoms with Crippen molar-refractivity contribution in [3.8, 4) is 12.8 Å². The molecule has 0 amide bonds. The molecule has 7 rings (SSSR count). The predicted molar refractivity (Wildman–Crippen MR) is 241 cm³/mol. The summed E-state index contributed by atoms with van der Waals surface area (Å²) in [6.45, 7) is 8.80. The molecule has 0 aliphatic heterocycles. The highest BCUT2D eigenvalue weighted by Crippen LogP contribution is 2.46. The summed E-state index contributed by atoms with van der Waals surface area (Å²) in [6.07, 6.45) is 32.5. The van der Waals surface area contributed by atoms with E-state index >= 15 is 0 Å². The van der Waals surface area contributed by atoms with E-state index < -0.39 is 0 Å². The molecule has 0 radical (unpaired) electrons. The SMILES string of the molecule is C#C.CC.C\C=C/C(=C\C=C\c1cccc2c1CCC=C2)C1(c2ccc(CN=C(N=C(C)c3cccc4ccccc34)c3ccccc3)cc2)CCCCC1. The third kappa shape index (κ3) is 9.86. The van der Waals surface area contributed by atoms with E-state index in [1.54, 1.807) is 0 Å². The Bertz CT molecular complexity index is 2190. The summed E-state index contributed by atoms with van der Waals surface area (Å²) in [7, 11) is 0. The van der Waals surface area contributed by atoms with Gasteiger partial charge in [-0.05, 0) is 83.7 Å². The van der Waals surface area contributed by atoms with Crippen LogP contribution in [0.2, 0.25) is 0 Å². The van der Waals surface area contributed by atoms with Crippen molar-refractivity contribution in [1.29, 1.82) is 0 Å². The third-order valence-corrected chi connectivity index (χ3v) is 10.7. The van der Waals surface area contributed by atoms with Crippen molar-refractivity contribution in [2.75, 3.05) is 0 Å². The first-order valence-electron chi connectivity index (χ1n) is 20.0. The van der Waals surface area contributed by atoms with Gasteiger partial charge in [-0.25, -0.2) is 4.99 Å². The van der Waals surface area contributed by atoms with Crippen LogP contribution >= 0.6 is 0 Å². The molecule has 2 aliphatic rings. The van der Waals surface area contributed by atoms with Gasteiger partial charge in [-0.1, -0.05) is 191 Å². The lowest BCUT2D eigenvalue weighted by molar-refractivity contribution is 0.345. The lowest BCUT2D eigenvalue weighted by Gasteiger charge is -2.39. The van der Waals surface area contributed by atoms with Crippen LogP contribution in [0.25, 0.3) is 22.9 Å². The van der Waals surface area contributed by atoms with Gasteiger partial charge >= 0.3 is 0 Å². The minimum absolute atomic E-state index is 0.00477. The number of allylic oxidation sites excluding steroid dienone is 6. The summed E-state index contributed by atoms with van der Waals surface area (Å²) in [5, 5.41) is 2.42. The number of rotatable bonds is 9. The summed E-state index contributed by atoms with van der Waals surface area (Å²) in [6, 6.07) is 41.2. The molecule has 1 saturated carbocycles. The fourth-order valence-electron chi connectivity index (χ4n) is 8.00. The van der Waals surface area contributed by atoms with Crippen molar-refractivity contribution in [3.05, 3.63) is 190 Å². The lowest BCUT2D eigenvalue weighted by Crippen LogP contribution is -2.31. The first-order valence-corrected chi connectivity index (χ1v) is 20.0. The number of nitrogens with zero attached hydrogens (tertiary/aromatic N) is 2. The van der Waals surface area contributed by atoms with Crippen LogP contribution in [0.4, 0.5) is 0 Å². The first kappa shape index (κ1) is 40.4. The van der Waals surface area contributed by atoms with Gasteiger partial charge in [0.2, 0.25) is 0 Å². The Morgan fingerprint density at radius 1 is 0.782 bits per heavy atom. The standard InChI is InChI=1S/C49H48N2.C2H6.C2H2/c1-3-17-43(26-15-24-40-23-14-22-39-18-8-10-27-46(39)40)49(34-12-5-13-35-49)44-32-30-38(31-33-44)36-50-48(42-20-6-4-7-21-42)51-37(2)45-29-16-25-41-19-9-11-28-47(41)45;2*1-2/h3-4,6-9,11,14-26,28-33H,5,10,12-13,27,34-36H2,1-2H3;1-2H3;1-2H/b17-3-,24-15+,43-26+,50-48?,51-37?;;. The summed E-state index contributed by atoms with van der Waals surface area (Å²) in [5.41, 5.74) is 11.3. The Morgan fingerprint density at radius 2 is 1.49 bits per heavy atom. The van der Waals surface area contributed by atoms with Gasteiger partial charge < -0.3 is 0 Å². The van der Waals surface area contributed by atoms with Crippen molar-refractivity contribution in [2.45, 2.75) is 84.6 Å². The molecule has 2 nitrogen and oxygen atoms in total. The Kier molecular flexibility index (Phi) is 15.1. The zero-order valence-electron chi connectivity index (χ0n) is 33.2. The van der Waals surface area contributed by atoms with Gasteiger partial charge in [0.1, 0.15) is 0 Å². The highest BCUT2D eigenvalue weighted by molar-refractivity contribution is 6.16.